The Bertz CT molecular complexity index is 914. The molecule has 0 heterocycles. The van der Waals surface area contributed by atoms with Gasteiger partial charge in [0.25, 0.3) is 0 Å². The number of sulfone groups is 1. The molecule has 0 fully saturated rings. The highest BCUT2D eigenvalue weighted by molar-refractivity contribution is 7.90. The Morgan fingerprint density at radius 2 is 1.78 bits per heavy atom. The molecule has 4 N–H and O–H groups in total. The molecule has 0 aliphatic rings. The van der Waals surface area contributed by atoms with E-state index < -0.39 is 40.0 Å². The van der Waals surface area contributed by atoms with Crippen LogP contribution in [-0.2, 0) is 35.3 Å². The second kappa shape index (κ2) is 17.0. The molecule has 0 unspecified atom stereocenters. The van der Waals surface area contributed by atoms with Crippen molar-refractivity contribution in [3.63, 3.8) is 0 Å². The molecule has 1 amide bonds. The van der Waals surface area contributed by atoms with Crippen LogP contribution in [0.15, 0.2) is 30.3 Å². The summed E-state index contributed by atoms with van der Waals surface area (Å²) < 4.78 is 34.9. The monoisotopic (exact) mass is 559 g/mol. The zero-order chi connectivity index (χ0) is 28.0. The fourth-order valence-electron chi connectivity index (χ4n) is 3.51. The molecule has 0 aliphatic heterocycles. The Hall–Kier alpha value is -1.66. The van der Waals surface area contributed by atoms with Crippen molar-refractivity contribution < 1.29 is 27.5 Å². The summed E-state index contributed by atoms with van der Waals surface area (Å²) in [5.74, 6) is -0.637. The third-order valence-electron chi connectivity index (χ3n) is 5.97. The number of esters is 1. The summed E-state index contributed by atoms with van der Waals surface area (Å²) >= 11 is 4.24. The van der Waals surface area contributed by atoms with Gasteiger partial charge in [0.15, 0.2) is 0 Å². The summed E-state index contributed by atoms with van der Waals surface area (Å²) in [6, 6.07) is 8.17. The maximum Gasteiger partial charge on any atom is 0.328 e. The molecule has 0 saturated heterocycles. The van der Waals surface area contributed by atoms with Crippen LogP contribution in [0, 0.1) is 5.92 Å². The van der Waals surface area contributed by atoms with Crippen molar-refractivity contribution in [1.82, 2.24) is 10.6 Å². The molecule has 0 spiro atoms. The highest BCUT2D eigenvalue weighted by atomic mass is 32.2. The molecule has 0 saturated carbocycles. The van der Waals surface area contributed by atoms with Crippen LogP contribution >= 0.6 is 12.6 Å². The summed E-state index contributed by atoms with van der Waals surface area (Å²) in [5.41, 5.74) is 6.91. The van der Waals surface area contributed by atoms with Gasteiger partial charge in [-0.3, -0.25) is 4.79 Å². The summed E-state index contributed by atoms with van der Waals surface area (Å²) in [5, 5.41) is 6.11. The van der Waals surface area contributed by atoms with E-state index in [-0.39, 0.29) is 43.2 Å². The van der Waals surface area contributed by atoms with Crippen molar-refractivity contribution in [1.29, 1.82) is 0 Å². The van der Waals surface area contributed by atoms with Gasteiger partial charge >= 0.3 is 5.97 Å². The molecule has 212 valence electrons. The van der Waals surface area contributed by atoms with Crippen LogP contribution in [0.4, 0.5) is 0 Å². The standard InChI is InChI=1S/C26H45N3O6S2/c1-6-19(4)23(28-15-21(27)17-36)16-34-24(14-20-10-8-7-9-11-20)25(30)29-22(12-13-37(5,32)33)26(31)35-18(2)3/h7-11,18-19,21-24,28,36H,6,12-17,27H2,1-5H3,(H,29,30)/t19-,21-,22+,23-,24+/m1/s1. The summed E-state index contributed by atoms with van der Waals surface area (Å²) in [4.78, 5) is 26.1. The molecule has 0 aromatic heterocycles. The van der Waals surface area contributed by atoms with Crippen LogP contribution in [0.5, 0.6) is 0 Å². The van der Waals surface area contributed by atoms with Crippen molar-refractivity contribution in [3.8, 4) is 0 Å². The molecule has 5 atom stereocenters. The van der Waals surface area contributed by atoms with Crippen molar-refractivity contribution in [3.05, 3.63) is 35.9 Å². The number of amides is 1. The van der Waals surface area contributed by atoms with E-state index >= 15 is 0 Å². The molecule has 0 bridgehead atoms. The van der Waals surface area contributed by atoms with Crippen molar-refractivity contribution in [2.45, 2.75) is 77.3 Å². The van der Waals surface area contributed by atoms with E-state index in [9.17, 15) is 18.0 Å². The largest absolute Gasteiger partial charge is 0.461 e. The van der Waals surface area contributed by atoms with E-state index in [0.717, 1.165) is 18.2 Å². The lowest BCUT2D eigenvalue weighted by Crippen LogP contribution is -2.50. The van der Waals surface area contributed by atoms with Crippen LogP contribution in [0.1, 0.15) is 46.1 Å². The van der Waals surface area contributed by atoms with Crippen LogP contribution in [0.2, 0.25) is 0 Å². The number of rotatable bonds is 18. The number of hydrogen-bond donors (Lipinski definition) is 4. The average molecular weight is 560 g/mol. The number of benzene rings is 1. The number of nitrogens with two attached hydrogens (primary N) is 1. The molecule has 11 heteroatoms. The molecular weight excluding hydrogens is 514 g/mol. The third-order valence-corrected chi connectivity index (χ3v) is 7.42. The number of carbonyl (C=O) groups excluding carboxylic acids is 2. The molecule has 1 aromatic rings. The fraction of sp³-hybridized carbons (Fsp3) is 0.692. The number of nitrogens with one attached hydrogen (secondary N) is 2. The Morgan fingerprint density at radius 3 is 2.32 bits per heavy atom. The van der Waals surface area contributed by atoms with E-state index in [4.69, 9.17) is 15.2 Å². The van der Waals surface area contributed by atoms with Gasteiger partial charge in [0.2, 0.25) is 5.91 Å². The first kappa shape index (κ1) is 33.4. The van der Waals surface area contributed by atoms with E-state index in [1.54, 1.807) is 13.8 Å². The van der Waals surface area contributed by atoms with Gasteiger partial charge < -0.3 is 25.8 Å². The highest BCUT2D eigenvalue weighted by Gasteiger charge is 2.30. The van der Waals surface area contributed by atoms with Crippen molar-refractivity contribution in [2.24, 2.45) is 11.7 Å². The smallest absolute Gasteiger partial charge is 0.328 e. The molecule has 0 aliphatic carbocycles. The molecule has 37 heavy (non-hydrogen) atoms. The zero-order valence-electron chi connectivity index (χ0n) is 22.7. The topological polar surface area (TPSA) is 137 Å². The Labute approximate surface area is 228 Å². The number of ether oxygens (including phenoxy) is 2. The Morgan fingerprint density at radius 1 is 1.14 bits per heavy atom. The molecular formula is C26H45N3O6S2. The second-order valence-corrected chi connectivity index (χ2v) is 12.4. The normalized spacial score (nSPS) is 16.0. The second-order valence-electron chi connectivity index (χ2n) is 9.82. The van der Waals surface area contributed by atoms with Crippen LogP contribution in [-0.4, -0.2) is 81.5 Å². The van der Waals surface area contributed by atoms with Gasteiger partial charge in [-0.05, 0) is 31.7 Å². The summed E-state index contributed by atoms with van der Waals surface area (Å²) in [6.07, 6.45) is 0.875. The number of thiol groups is 1. The van der Waals surface area contributed by atoms with E-state index in [1.165, 1.54) is 0 Å². The van der Waals surface area contributed by atoms with E-state index in [0.29, 0.717) is 12.3 Å². The Kier molecular flexibility index (Phi) is 15.4. The van der Waals surface area contributed by atoms with E-state index in [1.807, 2.05) is 30.3 Å². The SMILES string of the molecule is CC[C@@H](C)[C@@H](CO[C@@H](Cc1ccccc1)C(=O)N[C@@H](CCS(C)(=O)=O)C(=O)OC(C)C)NC[C@@H](N)CS. The van der Waals surface area contributed by atoms with Gasteiger partial charge in [-0.15, -0.1) is 0 Å². The number of hydrogen-bond acceptors (Lipinski definition) is 9. The lowest BCUT2D eigenvalue weighted by molar-refractivity contribution is -0.153. The quantitative estimate of drug-likeness (QED) is 0.158. The zero-order valence-corrected chi connectivity index (χ0v) is 24.4. The van der Waals surface area contributed by atoms with Crippen molar-refractivity contribution >= 4 is 34.3 Å². The van der Waals surface area contributed by atoms with Crippen LogP contribution in [0.25, 0.3) is 0 Å². The first-order valence-corrected chi connectivity index (χ1v) is 15.5. The molecule has 0 radical (unpaired) electrons. The highest BCUT2D eigenvalue weighted by Crippen LogP contribution is 2.13. The van der Waals surface area contributed by atoms with Gasteiger partial charge in [0, 0.05) is 37.1 Å². The third kappa shape index (κ3) is 14.2. The molecule has 1 aromatic carbocycles. The van der Waals surface area contributed by atoms with Gasteiger partial charge in [-0.25, -0.2) is 13.2 Å². The van der Waals surface area contributed by atoms with Crippen molar-refractivity contribution in [2.75, 3.05) is 30.9 Å². The lowest BCUT2D eigenvalue weighted by Gasteiger charge is -2.28. The Balaban J connectivity index is 3.08. The first-order valence-electron chi connectivity index (χ1n) is 12.8. The van der Waals surface area contributed by atoms with Gasteiger partial charge in [-0.1, -0.05) is 50.6 Å². The first-order chi connectivity index (χ1) is 17.4. The minimum atomic E-state index is -3.35. The summed E-state index contributed by atoms with van der Waals surface area (Å²) in [7, 11) is -3.35. The molecule has 9 nitrogen and oxygen atoms in total. The van der Waals surface area contributed by atoms with Crippen LogP contribution in [0.3, 0.4) is 0 Å². The predicted octanol–water partition coefficient (Wildman–Crippen LogP) is 1.75. The van der Waals surface area contributed by atoms with Gasteiger partial charge in [0.1, 0.15) is 22.0 Å². The minimum Gasteiger partial charge on any atom is -0.461 e. The average Bonchev–Trinajstić information content (AvgIpc) is 2.84. The fourth-order valence-corrected chi connectivity index (χ4v) is 4.30. The maximum absolute atomic E-state index is 13.4. The van der Waals surface area contributed by atoms with Gasteiger partial charge in [-0.2, -0.15) is 12.6 Å². The van der Waals surface area contributed by atoms with Crippen LogP contribution < -0.4 is 16.4 Å². The number of carbonyl (C=O) groups is 2. The minimum absolute atomic E-state index is 0.0473. The van der Waals surface area contributed by atoms with E-state index in [2.05, 4.69) is 37.1 Å². The maximum atomic E-state index is 13.4. The lowest BCUT2D eigenvalue weighted by atomic mass is 9.99. The van der Waals surface area contributed by atoms with Gasteiger partial charge in [0.05, 0.1) is 18.5 Å². The summed E-state index contributed by atoms with van der Waals surface area (Å²) in [6.45, 7) is 8.38. The molecule has 1 rings (SSSR count). The predicted molar refractivity (Wildman–Crippen MR) is 150 cm³/mol.